The zero-order chi connectivity index (χ0) is 14.5. The van der Waals surface area contributed by atoms with E-state index in [9.17, 15) is 5.26 Å². The lowest BCUT2D eigenvalue weighted by molar-refractivity contribution is 1.02. The van der Waals surface area contributed by atoms with Gasteiger partial charge in [-0.2, -0.15) is 5.26 Å². The lowest BCUT2D eigenvalue weighted by atomic mass is 10.1. The third-order valence-corrected chi connectivity index (χ3v) is 3.60. The Hall–Kier alpha value is -1.98. The number of anilines is 2. The molecule has 0 aliphatic heterocycles. The molecule has 0 spiro atoms. The van der Waals surface area contributed by atoms with Crippen LogP contribution in [0.3, 0.4) is 0 Å². The standard InChI is InChI=1S/C17H17ClN2/c1-3-20(16-7-4-13(2)5-8-16)17-9-6-14(11-18)10-15(17)12-19/h4-10H,3,11H2,1-2H3. The van der Waals surface area contributed by atoms with E-state index in [1.807, 2.05) is 18.2 Å². The molecule has 0 aliphatic rings. The zero-order valence-corrected chi connectivity index (χ0v) is 12.5. The molecule has 0 saturated heterocycles. The maximum Gasteiger partial charge on any atom is 0.101 e. The van der Waals surface area contributed by atoms with Crippen molar-refractivity contribution in [3.05, 3.63) is 59.2 Å². The van der Waals surface area contributed by atoms with Gasteiger partial charge < -0.3 is 4.90 Å². The van der Waals surface area contributed by atoms with E-state index in [-0.39, 0.29) is 0 Å². The summed E-state index contributed by atoms with van der Waals surface area (Å²) in [5, 5.41) is 9.35. The predicted molar refractivity (Wildman–Crippen MR) is 84.6 cm³/mol. The van der Waals surface area contributed by atoms with Gasteiger partial charge in [0.05, 0.1) is 11.3 Å². The minimum atomic E-state index is 0.422. The highest BCUT2D eigenvalue weighted by Gasteiger charge is 2.12. The molecule has 0 saturated carbocycles. The van der Waals surface area contributed by atoms with Crippen molar-refractivity contribution in [2.45, 2.75) is 19.7 Å². The van der Waals surface area contributed by atoms with Crippen LogP contribution < -0.4 is 4.90 Å². The highest BCUT2D eigenvalue weighted by Crippen LogP contribution is 2.29. The molecule has 0 fully saturated rings. The molecule has 0 radical (unpaired) electrons. The number of halogens is 1. The Morgan fingerprint density at radius 2 is 1.85 bits per heavy atom. The number of nitrogens with zero attached hydrogens (tertiary/aromatic N) is 2. The summed E-state index contributed by atoms with van der Waals surface area (Å²) in [6.45, 7) is 4.95. The smallest absolute Gasteiger partial charge is 0.101 e. The molecule has 0 N–H and O–H groups in total. The molecule has 0 aliphatic carbocycles. The average molecular weight is 285 g/mol. The van der Waals surface area contributed by atoms with Crippen molar-refractivity contribution in [3.63, 3.8) is 0 Å². The van der Waals surface area contributed by atoms with Crippen LogP contribution in [0.5, 0.6) is 0 Å². The molecule has 0 unspecified atom stereocenters. The molecule has 3 heteroatoms. The van der Waals surface area contributed by atoms with Crippen LogP contribution >= 0.6 is 11.6 Å². The summed E-state index contributed by atoms with van der Waals surface area (Å²) in [6.07, 6.45) is 0. The number of hydrogen-bond acceptors (Lipinski definition) is 2. The first-order chi connectivity index (χ1) is 9.69. The molecule has 2 aromatic carbocycles. The summed E-state index contributed by atoms with van der Waals surface area (Å²) in [6, 6.07) is 16.4. The third kappa shape index (κ3) is 2.95. The molecule has 0 amide bonds. The van der Waals surface area contributed by atoms with E-state index in [1.54, 1.807) is 0 Å². The van der Waals surface area contributed by atoms with Gasteiger partial charge in [-0.3, -0.25) is 0 Å². The van der Waals surface area contributed by atoms with Crippen molar-refractivity contribution < 1.29 is 0 Å². The fourth-order valence-corrected chi connectivity index (χ4v) is 2.37. The first kappa shape index (κ1) is 14.4. The Morgan fingerprint density at radius 1 is 1.15 bits per heavy atom. The van der Waals surface area contributed by atoms with Crippen LogP contribution in [0.1, 0.15) is 23.6 Å². The quantitative estimate of drug-likeness (QED) is 0.757. The van der Waals surface area contributed by atoms with Gasteiger partial charge in [0.1, 0.15) is 6.07 Å². The van der Waals surface area contributed by atoms with Crippen LogP contribution in [0, 0.1) is 18.3 Å². The predicted octanol–water partition coefficient (Wildman–Crippen LogP) is 4.76. The van der Waals surface area contributed by atoms with Gasteiger partial charge in [0.15, 0.2) is 0 Å². The number of aryl methyl sites for hydroxylation is 1. The number of rotatable bonds is 4. The largest absolute Gasteiger partial charge is 0.341 e. The molecule has 2 nitrogen and oxygen atoms in total. The van der Waals surface area contributed by atoms with Crippen LogP contribution in [0.15, 0.2) is 42.5 Å². The second kappa shape index (κ2) is 6.45. The Labute approximate surface area is 125 Å². The monoisotopic (exact) mass is 284 g/mol. The summed E-state index contributed by atoms with van der Waals surface area (Å²) in [5.74, 6) is 0.422. The van der Waals surface area contributed by atoms with Crippen LogP contribution in [0.25, 0.3) is 0 Å². The van der Waals surface area contributed by atoms with Crippen LogP contribution in [-0.2, 0) is 5.88 Å². The van der Waals surface area contributed by atoms with Crippen molar-refractivity contribution >= 4 is 23.0 Å². The SMILES string of the molecule is CCN(c1ccc(C)cc1)c1ccc(CCl)cc1C#N. The van der Waals surface area contributed by atoms with Crippen molar-refractivity contribution in [2.75, 3.05) is 11.4 Å². The van der Waals surface area contributed by atoms with E-state index in [0.717, 1.165) is 23.5 Å². The summed E-state index contributed by atoms with van der Waals surface area (Å²) < 4.78 is 0. The Balaban J connectivity index is 2.47. The summed E-state index contributed by atoms with van der Waals surface area (Å²) >= 11 is 5.83. The number of alkyl halides is 1. The fraction of sp³-hybridized carbons (Fsp3) is 0.235. The van der Waals surface area contributed by atoms with Gasteiger partial charge in [0.25, 0.3) is 0 Å². The first-order valence-electron chi connectivity index (χ1n) is 6.62. The van der Waals surface area contributed by atoms with Gasteiger partial charge in [-0.25, -0.2) is 0 Å². The molecule has 0 heterocycles. The van der Waals surface area contributed by atoms with Crippen molar-refractivity contribution in [2.24, 2.45) is 0 Å². The van der Waals surface area contributed by atoms with Crippen molar-refractivity contribution in [3.8, 4) is 6.07 Å². The molecule has 102 valence electrons. The topological polar surface area (TPSA) is 27.0 Å². The molecule has 2 rings (SSSR count). The Morgan fingerprint density at radius 3 is 2.40 bits per heavy atom. The van der Waals surface area contributed by atoms with Crippen LogP contribution in [0.4, 0.5) is 11.4 Å². The normalized spacial score (nSPS) is 10.1. The van der Waals surface area contributed by atoms with Crippen molar-refractivity contribution in [1.82, 2.24) is 0 Å². The lowest BCUT2D eigenvalue weighted by Gasteiger charge is -2.24. The zero-order valence-electron chi connectivity index (χ0n) is 11.7. The summed E-state index contributed by atoms with van der Waals surface area (Å²) in [5.41, 5.74) is 4.86. The maximum absolute atomic E-state index is 9.35. The Bertz CT molecular complexity index is 626. The van der Waals surface area contributed by atoms with E-state index in [4.69, 9.17) is 11.6 Å². The highest BCUT2D eigenvalue weighted by molar-refractivity contribution is 6.17. The summed E-state index contributed by atoms with van der Waals surface area (Å²) in [7, 11) is 0. The van der Waals surface area contributed by atoms with Crippen molar-refractivity contribution in [1.29, 1.82) is 5.26 Å². The van der Waals surface area contributed by atoms with E-state index in [0.29, 0.717) is 11.4 Å². The highest BCUT2D eigenvalue weighted by atomic mass is 35.5. The van der Waals surface area contributed by atoms with Gasteiger partial charge in [-0.05, 0) is 43.7 Å². The van der Waals surface area contributed by atoms with E-state index in [1.165, 1.54) is 5.56 Å². The molecule has 0 aromatic heterocycles. The van der Waals surface area contributed by atoms with Gasteiger partial charge in [0, 0.05) is 18.1 Å². The Kier molecular flexibility index (Phi) is 4.65. The lowest BCUT2D eigenvalue weighted by Crippen LogP contribution is -2.17. The van der Waals surface area contributed by atoms with Gasteiger partial charge in [-0.1, -0.05) is 23.8 Å². The van der Waals surface area contributed by atoms with Gasteiger partial charge in [0.2, 0.25) is 0 Å². The van der Waals surface area contributed by atoms with E-state index >= 15 is 0 Å². The molecular formula is C17H17ClN2. The molecule has 0 atom stereocenters. The maximum atomic E-state index is 9.35. The summed E-state index contributed by atoms with van der Waals surface area (Å²) in [4.78, 5) is 2.13. The first-order valence-corrected chi connectivity index (χ1v) is 7.16. The number of nitriles is 1. The van der Waals surface area contributed by atoms with Crippen LogP contribution in [-0.4, -0.2) is 6.54 Å². The van der Waals surface area contributed by atoms with Gasteiger partial charge >= 0.3 is 0 Å². The molecule has 2 aromatic rings. The number of benzene rings is 2. The average Bonchev–Trinajstić information content (AvgIpc) is 2.50. The number of hydrogen-bond donors (Lipinski definition) is 0. The van der Waals surface area contributed by atoms with E-state index in [2.05, 4.69) is 49.1 Å². The minimum absolute atomic E-state index is 0.422. The molecule has 0 bridgehead atoms. The van der Waals surface area contributed by atoms with Gasteiger partial charge in [-0.15, -0.1) is 11.6 Å². The minimum Gasteiger partial charge on any atom is -0.341 e. The van der Waals surface area contributed by atoms with Crippen LogP contribution in [0.2, 0.25) is 0 Å². The molecule has 20 heavy (non-hydrogen) atoms. The van der Waals surface area contributed by atoms with E-state index < -0.39 is 0 Å². The third-order valence-electron chi connectivity index (χ3n) is 3.29. The molecular weight excluding hydrogens is 268 g/mol. The fourth-order valence-electron chi connectivity index (χ4n) is 2.21. The second-order valence-corrected chi connectivity index (χ2v) is 4.94. The second-order valence-electron chi connectivity index (χ2n) is 4.68.